The van der Waals surface area contributed by atoms with Crippen molar-refractivity contribution in [2.24, 2.45) is 17.8 Å². The molecule has 0 bridgehead atoms. The van der Waals surface area contributed by atoms with Crippen molar-refractivity contribution in [3.05, 3.63) is 0 Å². The zero-order chi connectivity index (χ0) is 16.9. The Hall–Kier alpha value is -0.120. The van der Waals surface area contributed by atoms with Gasteiger partial charge in [-0.05, 0) is 58.3 Å². The Bertz CT molecular complexity index is 296. The number of hydrogen-bond acceptors (Lipinski definition) is 3. The van der Waals surface area contributed by atoms with Crippen LogP contribution in [0.4, 0.5) is 0 Å². The Morgan fingerprint density at radius 2 is 1.64 bits per heavy atom. The lowest BCUT2D eigenvalue weighted by atomic mass is 9.75. The third kappa shape index (κ3) is 6.17. The number of aliphatic hydroxyl groups is 1. The molecule has 3 nitrogen and oxygen atoms in total. The maximum Gasteiger partial charge on any atom is 0.0900 e. The first-order valence-electron chi connectivity index (χ1n) is 9.27. The maximum atomic E-state index is 10.4. The van der Waals surface area contributed by atoms with E-state index in [2.05, 4.69) is 53.4 Å². The molecular formula is C19H39NO2. The van der Waals surface area contributed by atoms with Gasteiger partial charge in [-0.25, -0.2) is 0 Å². The van der Waals surface area contributed by atoms with E-state index in [9.17, 15) is 5.11 Å². The van der Waals surface area contributed by atoms with Crippen LogP contribution in [0.2, 0.25) is 0 Å². The molecule has 0 saturated heterocycles. The summed E-state index contributed by atoms with van der Waals surface area (Å²) in [7, 11) is 0. The predicted octanol–water partition coefficient (Wildman–Crippen LogP) is 3.94. The third-order valence-corrected chi connectivity index (χ3v) is 5.21. The van der Waals surface area contributed by atoms with Gasteiger partial charge in [0.25, 0.3) is 0 Å². The van der Waals surface area contributed by atoms with E-state index in [-0.39, 0.29) is 0 Å². The molecule has 0 radical (unpaired) electrons. The van der Waals surface area contributed by atoms with Crippen molar-refractivity contribution in [1.29, 1.82) is 0 Å². The van der Waals surface area contributed by atoms with Crippen LogP contribution in [0.25, 0.3) is 0 Å². The number of aliphatic hydroxyl groups excluding tert-OH is 1. The van der Waals surface area contributed by atoms with E-state index in [1.165, 1.54) is 12.8 Å². The standard InChI is InChI=1S/C19H39NO2/c1-13(2)18-9-8-16(7)10-19(18)22-12-17(21)11-20(14(3)4)15(5)6/h13-19,21H,8-12H2,1-7H3/t16-,17+,18-,19+/m1/s1. The SMILES string of the molecule is CC(C)[C@H]1CC[C@@H](C)C[C@@H]1OC[C@@H](O)CN(C(C)C)C(C)C. The fraction of sp³-hybridized carbons (Fsp3) is 1.00. The molecule has 0 aromatic heterocycles. The van der Waals surface area contributed by atoms with Gasteiger partial charge in [0.2, 0.25) is 0 Å². The summed E-state index contributed by atoms with van der Waals surface area (Å²) in [5.41, 5.74) is 0. The van der Waals surface area contributed by atoms with Crippen molar-refractivity contribution < 1.29 is 9.84 Å². The molecule has 0 amide bonds. The van der Waals surface area contributed by atoms with Gasteiger partial charge in [0, 0.05) is 18.6 Å². The van der Waals surface area contributed by atoms with E-state index in [4.69, 9.17) is 4.74 Å². The van der Waals surface area contributed by atoms with E-state index >= 15 is 0 Å². The van der Waals surface area contributed by atoms with Crippen molar-refractivity contribution in [2.45, 2.75) is 92.0 Å². The lowest BCUT2D eigenvalue weighted by Crippen LogP contribution is -2.44. The van der Waals surface area contributed by atoms with Crippen molar-refractivity contribution >= 4 is 0 Å². The molecule has 0 unspecified atom stereocenters. The van der Waals surface area contributed by atoms with Gasteiger partial charge in [-0.15, -0.1) is 0 Å². The zero-order valence-electron chi connectivity index (χ0n) is 15.9. The van der Waals surface area contributed by atoms with Crippen molar-refractivity contribution in [1.82, 2.24) is 4.90 Å². The zero-order valence-corrected chi connectivity index (χ0v) is 15.9. The highest BCUT2D eigenvalue weighted by molar-refractivity contribution is 4.82. The second kappa shape index (κ2) is 9.24. The molecule has 0 aliphatic heterocycles. The largest absolute Gasteiger partial charge is 0.389 e. The minimum atomic E-state index is -0.394. The summed E-state index contributed by atoms with van der Waals surface area (Å²) in [4.78, 5) is 2.33. The minimum absolute atomic E-state index is 0.324. The van der Waals surface area contributed by atoms with Gasteiger partial charge in [-0.2, -0.15) is 0 Å². The van der Waals surface area contributed by atoms with Crippen LogP contribution < -0.4 is 0 Å². The summed E-state index contributed by atoms with van der Waals surface area (Å²) in [5, 5.41) is 10.4. The molecule has 4 atom stereocenters. The minimum Gasteiger partial charge on any atom is -0.389 e. The van der Waals surface area contributed by atoms with Crippen LogP contribution in [0.1, 0.15) is 67.7 Å². The van der Waals surface area contributed by atoms with Crippen LogP contribution in [0.15, 0.2) is 0 Å². The molecule has 1 aliphatic rings. The van der Waals surface area contributed by atoms with E-state index in [1.54, 1.807) is 0 Å². The van der Waals surface area contributed by atoms with Crippen LogP contribution in [0, 0.1) is 17.8 Å². The topological polar surface area (TPSA) is 32.7 Å². The van der Waals surface area contributed by atoms with Crippen molar-refractivity contribution in [3.8, 4) is 0 Å². The van der Waals surface area contributed by atoms with E-state index in [0.29, 0.717) is 43.2 Å². The highest BCUT2D eigenvalue weighted by Crippen LogP contribution is 2.35. The molecule has 0 aromatic carbocycles. The highest BCUT2D eigenvalue weighted by atomic mass is 16.5. The molecule has 1 N–H and O–H groups in total. The number of rotatable bonds is 8. The molecule has 1 rings (SSSR count). The smallest absolute Gasteiger partial charge is 0.0900 e. The number of hydrogen-bond donors (Lipinski definition) is 1. The first kappa shape index (κ1) is 19.9. The Morgan fingerprint density at radius 3 is 2.14 bits per heavy atom. The fourth-order valence-corrected chi connectivity index (χ4v) is 3.86. The Labute approximate surface area is 138 Å². The lowest BCUT2D eigenvalue weighted by Gasteiger charge is -2.38. The molecule has 0 heterocycles. The summed E-state index contributed by atoms with van der Waals surface area (Å²) in [6, 6.07) is 0.903. The van der Waals surface area contributed by atoms with Crippen molar-refractivity contribution in [2.75, 3.05) is 13.2 Å². The van der Waals surface area contributed by atoms with Crippen LogP contribution in [-0.2, 0) is 4.74 Å². The first-order valence-corrected chi connectivity index (χ1v) is 9.27. The summed E-state index contributed by atoms with van der Waals surface area (Å²) >= 11 is 0. The average Bonchev–Trinajstić information content (AvgIpc) is 2.41. The van der Waals surface area contributed by atoms with Gasteiger partial charge >= 0.3 is 0 Å². The fourth-order valence-electron chi connectivity index (χ4n) is 3.86. The first-order chi connectivity index (χ1) is 10.2. The molecule has 1 aliphatic carbocycles. The number of nitrogens with zero attached hydrogens (tertiary/aromatic N) is 1. The Kier molecular flexibility index (Phi) is 8.37. The maximum absolute atomic E-state index is 10.4. The van der Waals surface area contributed by atoms with Gasteiger partial charge in [-0.3, -0.25) is 4.90 Å². The Morgan fingerprint density at radius 1 is 1.05 bits per heavy atom. The van der Waals surface area contributed by atoms with Gasteiger partial charge in [0.05, 0.1) is 18.8 Å². The molecule has 0 aromatic rings. The van der Waals surface area contributed by atoms with Gasteiger partial charge in [-0.1, -0.05) is 27.2 Å². The third-order valence-electron chi connectivity index (χ3n) is 5.21. The second-order valence-corrected chi connectivity index (χ2v) is 8.24. The average molecular weight is 314 g/mol. The van der Waals surface area contributed by atoms with Crippen LogP contribution >= 0.6 is 0 Å². The molecule has 1 saturated carbocycles. The van der Waals surface area contributed by atoms with Gasteiger partial charge in [0.1, 0.15) is 0 Å². The van der Waals surface area contributed by atoms with E-state index < -0.39 is 6.10 Å². The van der Waals surface area contributed by atoms with Crippen molar-refractivity contribution in [3.63, 3.8) is 0 Å². The molecule has 22 heavy (non-hydrogen) atoms. The van der Waals surface area contributed by atoms with Gasteiger partial charge < -0.3 is 9.84 Å². The Balaban J connectivity index is 2.48. The summed E-state index contributed by atoms with van der Waals surface area (Å²) in [6.45, 7) is 16.8. The summed E-state index contributed by atoms with van der Waals surface area (Å²) < 4.78 is 6.17. The number of ether oxygens (including phenoxy) is 1. The molecule has 0 spiro atoms. The predicted molar refractivity (Wildman–Crippen MR) is 94.1 cm³/mol. The monoisotopic (exact) mass is 313 g/mol. The van der Waals surface area contributed by atoms with Crippen LogP contribution in [0.5, 0.6) is 0 Å². The molecule has 1 fully saturated rings. The van der Waals surface area contributed by atoms with E-state index in [1.807, 2.05) is 0 Å². The van der Waals surface area contributed by atoms with E-state index in [0.717, 1.165) is 12.3 Å². The van der Waals surface area contributed by atoms with Crippen LogP contribution in [0.3, 0.4) is 0 Å². The quantitative estimate of drug-likeness (QED) is 0.736. The highest BCUT2D eigenvalue weighted by Gasteiger charge is 2.32. The normalized spacial score (nSPS) is 28.1. The molecular weight excluding hydrogens is 274 g/mol. The molecule has 132 valence electrons. The molecule has 3 heteroatoms. The lowest BCUT2D eigenvalue weighted by molar-refractivity contribution is -0.0767. The second-order valence-electron chi connectivity index (χ2n) is 8.24. The van der Waals surface area contributed by atoms with Gasteiger partial charge in [0.15, 0.2) is 0 Å². The summed E-state index contributed by atoms with van der Waals surface area (Å²) in [6.07, 6.45) is 3.66. The van der Waals surface area contributed by atoms with Crippen LogP contribution in [-0.4, -0.2) is 47.4 Å². The summed E-state index contributed by atoms with van der Waals surface area (Å²) in [5.74, 6) is 2.06.